The molecule has 2 aromatic rings. The van der Waals surface area contributed by atoms with Gasteiger partial charge in [-0.15, -0.1) is 0 Å². The number of aryl methyl sites for hydroxylation is 2. The van der Waals surface area contributed by atoms with Gasteiger partial charge in [-0.2, -0.15) is 0 Å². The van der Waals surface area contributed by atoms with Crippen molar-refractivity contribution in [3.8, 4) is 5.69 Å². The standard InChI is InChI=1S/C19H20N2OS2/c1-5-20-18(23)17(24-19(20)22)11-15-10-13(3)21(14(15)4)16-8-6-12(2)7-9-16/h6-11H,5H2,1-4H3. The number of amides is 1. The lowest BCUT2D eigenvalue weighted by atomic mass is 10.2. The second-order valence-corrected chi connectivity index (χ2v) is 7.30. The van der Waals surface area contributed by atoms with Crippen LogP contribution in [0.25, 0.3) is 11.8 Å². The van der Waals surface area contributed by atoms with Gasteiger partial charge in [0, 0.05) is 23.6 Å². The maximum atomic E-state index is 12.0. The van der Waals surface area contributed by atoms with Crippen LogP contribution >= 0.6 is 24.0 Å². The number of aromatic nitrogens is 1. The third-order valence-corrected chi connectivity index (χ3v) is 5.73. The van der Waals surface area contributed by atoms with Crippen molar-refractivity contribution < 1.29 is 4.79 Å². The van der Waals surface area contributed by atoms with E-state index in [-0.39, 0.29) is 5.24 Å². The minimum atomic E-state index is 0.0149. The number of nitrogens with zero attached hydrogens (tertiary/aromatic N) is 2. The molecule has 0 aliphatic carbocycles. The first-order chi connectivity index (χ1) is 11.4. The fraction of sp³-hybridized carbons (Fsp3) is 0.263. The highest BCUT2D eigenvalue weighted by atomic mass is 32.2. The Morgan fingerprint density at radius 3 is 2.42 bits per heavy atom. The monoisotopic (exact) mass is 356 g/mol. The Bertz CT molecular complexity index is 847. The fourth-order valence-electron chi connectivity index (χ4n) is 2.94. The lowest BCUT2D eigenvalue weighted by Gasteiger charge is -2.10. The van der Waals surface area contributed by atoms with E-state index >= 15 is 0 Å². The molecule has 124 valence electrons. The van der Waals surface area contributed by atoms with Crippen molar-refractivity contribution in [1.29, 1.82) is 0 Å². The molecule has 1 aliphatic heterocycles. The van der Waals surface area contributed by atoms with Crippen molar-refractivity contribution in [3.05, 3.63) is 57.8 Å². The van der Waals surface area contributed by atoms with Crippen molar-refractivity contribution in [1.82, 2.24) is 9.47 Å². The minimum absolute atomic E-state index is 0.0149. The molecule has 1 aromatic carbocycles. The number of carbonyl (C=O) groups is 1. The smallest absolute Gasteiger partial charge is 0.291 e. The number of likely N-dealkylation sites (N-methyl/N-ethyl adjacent to an activating group) is 1. The topological polar surface area (TPSA) is 25.2 Å². The van der Waals surface area contributed by atoms with Gasteiger partial charge in [-0.25, -0.2) is 0 Å². The van der Waals surface area contributed by atoms with Gasteiger partial charge in [0.2, 0.25) is 0 Å². The van der Waals surface area contributed by atoms with E-state index in [2.05, 4.69) is 55.7 Å². The predicted molar refractivity (Wildman–Crippen MR) is 106 cm³/mol. The van der Waals surface area contributed by atoms with Crippen molar-refractivity contribution in [2.45, 2.75) is 27.7 Å². The summed E-state index contributed by atoms with van der Waals surface area (Å²) in [5.74, 6) is 0. The van der Waals surface area contributed by atoms with E-state index in [1.165, 1.54) is 17.3 Å². The molecule has 3 nitrogen and oxygen atoms in total. The normalized spacial score (nSPS) is 16.5. The minimum Gasteiger partial charge on any atom is -0.318 e. The lowest BCUT2D eigenvalue weighted by molar-refractivity contribution is 0.247. The molecule has 2 heterocycles. The summed E-state index contributed by atoms with van der Waals surface area (Å²) in [6, 6.07) is 10.6. The van der Waals surface area contributed by atoms with Crippen LogP contribution in [0.5, 0.6) is 0 Å². The number of carbonyl (C=O) groups excluding carboxylic acids is 1. The van der Waals surface area contributed by atoms with Gasteiger partial charge in [0.15, 0.2) is 0 Å². The van der Waals surface area contributed by atoms with Crippen molar-refractivity contribution in [3.63, 3.8) is 0 Å². The summed E-state index contributed by atoms with van der Waals surface area (Å²) in [5, 5.41) is 0.0149. The van der Waals surface area contributed by atoms with Gasteiger partial charge in [0.05, 0.1) is 4.91 Å². The maximum absolute atomic E-state index is 12.0. The number of hydrogen-bond donors (Lipinski definition) is 0. The summed E-state index contributed by atoms with van der Waals surface area (Å²) in [4.78, 5) is 15.1. The molecule has 1 amide bonds. The van der Waals surface area contributed by atoms with Crippen LogP contribution in [0.4, 0.5) is 4.79 Å². The summed E-state index contributed by atoms with van der Waals surface area (Å²) in [5.41, 5.74) is 5.80. The van der Waals surface area contributed by atoms with Gasteiger partial charge in [-0.1, -0.05) is 29.9 Å². The molecule has 1 aromatic heterocycles. The Balaban J connectivity index is 2.01. The first-order valence-corrected chi connectivity index (χ1v) is 9.16. The summed E-state index contributed by atoms with van der Waals surface area (Å²) in [6.45, 7) is 8.84. The van der Waals surface area contributed by atoms with Crippen LogP contribution < -0.4 is 0 Å². The summed E-state index contributed by atoms with van der Waals surface area (Å²) in [6.07, 6.45) is 2.04. The van der Waals surface area contributed by atoms with Crippen molar-refractivity contribution in [2.75, 3.05) is 6.54 Å². The number of thiocarbonyl (C=S) groups is 1. The number of rotatable bonds is 3. The maximum Gasteiger partial charge on any atom is 0.291 e. The van der Waals surface area contributed by atoms with Gasteiger partial charge in [-0.05, 0) is 69.3 Å². The molecular formula is C19H20N2OS2. The number of benzene rings is 1. The zero-order chi connectivity index (χ0) is 17.4. The Morgan fingerprint density at radius 1 is 1.17 bits per heavy atom. The van der Waals surface area contributed by atoms with Crippen molar-refractivity contribution >= 4 is 40.3 Å². The number of hydrogen-bond acceptors (Lipinski definition) is 3. The third kappa shape index (κ3) is 2.94. The third-order valence-electron chi connectivity index (χ3n) is 4.24. The average Bonchev–Trinajstić information content (AvgIpc) is 2.97. The van der Waals surface area contributed by atoms with Gasteiger partial charge in [-0.3, -0.25) is 9.69 Å². The van der Waals surface area contributed by atoms with E-state index in [0.29, 0.717) is 11.5 Å². The quantitative estimate of drug-likeness (QED) is 0.554. The lowest BCUT2D eigenvalue weighted by Crippen LogP contribution is -2.26. The molecule has 0 saturated carbocycles. The van der Waals surface area contributed by atoms with E-state index in [1.54, 1.807) is 4.90 Å². The highest BCUT2D eigenvalue weighted by Crippen LogP contribution is 2.34. The molecule has 0 bridgehead atoms. The zero-order valence-electron chi connectivity index (χ0n) is 14.3. The first kappa shape index (κ1) is 17.0. The molecule has 5 heteroatoms. The Morgan fingerprint density at radius 2 is 1.83 bits per heavy atom. The van der Waals surface area contributed by atoms with Gasteiger partial charge in [0.1, 0.15) is 4.99 Å². The Kier molecular flexibility index (Phi) is 4.65. The second-order valence-electron chi connectivity index (χ2n) is 5.92. The molecule has 0 radical (unpaired) electrons. The van der Waals surface area contributed by atoms with Crippen LogP contribution in [0.2, 0.25) is 0 Å². The first-order valence-electron chi connectivity index (χ1n) is 7.93. The van der Waals surface area contributed by atoms with E-state index < -0.39 is 0 Å². The second kappa shape index (κ2) is 6.57. The van der Waals surface area contributed by atoms with Crippen LogP contribution in [0, 0.1) is 20.8 Å². The van der Waals surface area contributed by atoms with Crippen LogP contribution in [0.15, 0.2) is 35.2 Å². The molecule has 1 saturated heterocycles. The highest BCUT2D eigenvalue weighted by molar-refractivity contribution is 8.19. The molecule has 0 N–H and O–H groups in total. The molecular weight excluding hydrogens is 336 g/mol. The van der Waals surface area contributed by atoms with Crippen LogP contribution in [0.3, 0.4) is 0 Å². The molecule has 1 fully saturated rings. The molecule has 0 unspecified atom stereocenters. The molecule has 24 heavy (non-hydrogen) atoms. The summed E-state index contributed by atoms with van der Waals surface area (Å²) >= 11 is 6.66. The predicted octanol–water partition coefficient (Wildman–Crippen LogP) is 5.26. The zero-order valence-corrected chi connectivity index (χ0v) is 15.9. The summed E-state index contributed by atoms with van der Waals surface area (Å²) < 4.78 is 2.23. The molecule has 1 aliphatic rings. The van der Waals surface area contributed by atoms with Gasteiger partial charge in [0.25, 0.3) is 5.24 Å². The van der Waals surface area contributed by atoms with Crippen LogP contribution in [0.1, 0.15) is 29.4 Å². The largest absolute Gasteiger partial charge is 0.318 e. The average molecular weight is 357 g/mol. The van der Waals surface area contributed by atoms with Gasteiger partial charge < -0.3 is 4.57 Å². The van der Waals surface area contributed by atoms with Crippen LogP contribution in [-0.4, -0.2) is 26.2 Å². The van der Waals surface area contributed by atoms with Crippen molar-refractivity contribution in [2.24, 2.45) is 0 Å². The SMILES string of the molecule is CCN1C(=O)SC(=Cc2cc(C)n(-c3ccc(C)cc3)c2C)C1=S. The molecule has 3 rings (SSSR count). The van der Waals surface area contributed by atoms with E-state index in [9.17, 15) is 4.79 Å². The van der Waals surface area contributed by atoms with E-state index in [4.69, 9.17) is 12.2 Å². The Labute approximate surface area is 152 Å². The number of thioether (sulfide) groups is 1. The summed E-state index contributed by atoms with van der Waals surface area (Å²) in [7, 11) is 0. The Hall–Kier alpha value is -1.85. The van der Waals surface area contributed by atoms with E-state index in [1.807, 2.05) is 13.0 Å². The fourth-order valence-corrected chi connectivity index (χ4v) is 4.29. The van der Waals surface area contributed by atoms with Gasteiger partial charge >= 0.3 is 0 Å². The highest BCUT2D eigenvalue weighted by Gasteiger charge is 2.30. The van der Waals surface area contributed by atoms with Crippen LogP contribution in [-0.2, 0) is 0 Å². The van der Waals surface area contributed by atoms with E-state index in [0.717, 1.165) is 27.5 Å². The molecule has 0 atom stereocenters. The molecule has 0 spiro atoms.